The molecule has 10 heteroatoms. The third-order valence-electron chi connectivity index (χ3n) is 5.14. The van der Waals surface area contributed by atoms with Crippen LogP contribution < -0.4 is 10.9 Å². The van der Waals surface area contributed by atoms with Gasteiger partial charge in [-0.05, 0) is 30.7 Å². The number of hydrogen-bond acceptors (Lipinski definition) is 6. The molecule has 0 spiro atoms. The second-order valence-electron chi connectivity index (χ2n) is 7.42. The fraction of sp³-hybridized carbons (Fsp3) is 0.0870. The number of aryl methyl sites for hydroxylation is 1. The molecule has 1 amide bonds. The average molecular weight is 477 g/mol. The molecule has 0 bridgehead atoms. The number of thiophene rings is 1. The molecule has 0 saturated carbocycles. The summed E-state index contributed by atoms with van der Waals surface area (Å²) in [7, 11) is 0. The quantitative estimate of drug-likeness (QED) is 0.408. The van der Waals surface area contributed by atoms with Crippen LogP contribution in [0.3, 0.4) is 0 Å². The van der Waals surface area contributed by atoms with Crippen molar-refractivity contribution in [2.75, 3.05) is 5.32 Å². The molecule has 8 nitrogen and oxygen atoms in total. The lowest BCUT2D eigenvalue weighted by atomic mass is 10.1. The van der Waals surface area contributed by atoms with E-state index in [1.807, 2.05) is 36.6 Å². The van der Waals surface area contributed by atoms with Gasteiger partial charge in [0.15, 0.2) is 0 Å². The average Bonchev–Trinajstić information content (AvgIpc) is 3.47. The fourth-order valence-electron chi connectivity index (χ4n) is 3.51. The number of hydrogen-bond donors (Lipinski definition) is 1. The molecule has 1 N–H and O–H groups in total. The van der Waals surface area contributed by atoms with Crippen LogP contribution in [-0.4, -0.2) is 30.2 Å². The van der Waals surface area contributed by atoms with Gasteiger partial charge in [0.25, 0.3) is 5.56 Å². The van der Waals surface area contributed by atoms with E-state index in [-0.39, 0.29) is 12.1 Å². The molecule has 0 aliphatic rings. The number of aromatic nitrogens is 5. The monoisotopic (exact) mass is 476 g/mol. The van der Waals surface area contributed by atoms with Crippen molar-refractivity contribution in [2.45, 2.75) is 13.5 Å². The molecule has 5 aromatic rings. The van der Waals surface area contributed by atoms with E-state index in [1.54, 1.807) is 18.2 Å². The third kappa shape index (κ3) is 4.15. The van der Waals surface area contributed by atoms with Gasteiger partial charge in [0.1, 0.15) is 24.0 Å². The van der Waals surface area contributed by atoms with Gasteiger partial charge in [0, 0.05) is 16.0 Å². The fourth-order valence-corrected chi connectivity index (χ4v) is 4.59. The second-order valence-corrected chi connectivity index (χ2v) is 8.72. The lowest BCUT2D eigenvalue weighted by Gasteiger charge is -2.12. The summed E-state index contributed by atoms with van der Waals surface area (Å²) in [6.07, 6.45) is 4.31. The van der Waals surface area contributed by atoms with Crippen LogP contribution in [0.25, 0.3) is 27.0 Å². The van der Waals surface area contributed by atoms with Crippen molar-refractivity contribution in [1.29, 1.82) is 0 Å². The molecule has 5 rings (SSSR count). The van der Waals surface area contributed by atoms with Crippen LogP contribution in [0.15, 0.2) is 71.6 Å². The molecular formula is C23H17ClN6O2S. The minimum Gasteiger partial charge on any atom is -0.323 e. The van der Waals surface area contributed by atoms with E-state index in [9.17, 15) is 9.59 Å². The van der Waals surface area contributed by atoms with Crippen molar-refractivity contribution >= 4 is 44.7 Å². The van der Waals surface area contributed by atoms with Crippen LogP contribution in [0.1, 0.15) is 5.56 Å². The zero-order chi connectivity index (χ0) is 22.9. The molecule has 0 aliphatic heterocycles. The number of nitrogens with zero attached hydrogens (tertiary/aromatic N) is 5. The summed E-state index contributed by atoms with van der Waals surface area (Å²) in [5.74, 6) is -0.394. The molecule has 0 radical (unpaired) electrons. The van der Waals surface area contributed by atoms with E-state index in [4.69, 9.17) is 11.6 Å². The van der Waals surface area contributed by atoms with Crippen LogP contribution in [0.4, 0.5) is 5.69 Å². The highest BCUT2D eigenvalue weighted by Crippen LogP contribution is 2.30. The molecule has 0 atom stereocenters. The maximum Gasteiger partial charge on any atom is 0.263 e. The van der Waals surface area contributed by atoms with Crippen LogP contribution >= 0.6 is 22.9 Å². The highest BCUT2D eigenvalue weighted by Gasteiger charge is 2.16. The maximum absolute atomic E-state index is 13.3. The Labute approximate surface area is 197 Å². The summed E-state index contributed by atoms with van der Waals surface area (Å²) in [6.45, 7) is 1.81. The lowest BCUT2D eigenvalue weighted by molar-refractivity contribution is -0.116. The Morgan fingerprint density at radius 2 is 1.97 bits per heavy atom. The Kier molecular flexibility index (Phi) is 5.49. The Bertz CT molecular complexity index is 1520. The maximum atomic E-state index is 13.3. The van der Waals surface area contributed by atoms with E-state index in [0.717, 1.165) is 16.7 Å². The first kappa shape index (κ1) is 21.0. The minimum atomic E-state index is -0.394. The highest BCUT2D eigenvalue weighted by atomic mass is 35.5. The summed E-state index contributed by atoms with van der Waals surface area (Å²) in [5, 5.41) is 9.79. The van der Waals surface area contributed by atoms with Gasteiger partial charge in [0.2, 0.25) is 5.91 Å². The molecule has 2 aromatic carbocycles. The highest BCUT2D eigenvalue weighted by molar-refractivity contribution is 7.17. The molecule has 0 saturated heterocycles. The number of halogens is 1. The predicted octanol–water partition coefficient (Wildman–Crippen LogP) is 4.31. The van der Waals surface area contributed by atoms with Gasteiger partial charge >= 0.3 is 0 Å². The molecule has 164 valence electrons. The summed E-state index contributed by atoms with van der Waals surface area (Å²) in [4.78, 5) is 35.1. The van der Waals surface area contributed by atoms with Gasteiger partial charge in [-0.2, -0.15) is 5.10 Å². The van der Waals surface area contributed by atoms with E-state index in [2.05, 4.69) is 20.4 Å². The summed E-state index contributed by atoms with van der Waals surface area (Å²) in [5.41, 5.74) is 3.67. The van der Waals surface area contributed by atoms with Gasteiger partial charge in [-0.3, -0.25) is 14.2 Å². The number of nitrogens with one attached hydrogen (secondary N) is 1. The third-order valence-corrected chi connectivity index (χ3v) is 6.26. The van der Waals surface area contributed by atoms with Crippen LogP contribution in [-0.2, 0) is 11.3 Å². The van der Waals surface area contributed by atoms with Crippen molar-refractivity contribution in [2.24, 2.45) is 0 Å². The standard InChI is InChI=1S/C23H17ClN6O2S/c1-14-2-4-15(5-3-14)17-10-33-22-21(17)23(32)29(13-26-22)9-20(31)28-18-8-16(24)6-7-19(18)30-12-25-11-27-30/h2-8,10-13H,9H2,1H3,(H,28,31). The molecule has 0 unspecified atom stereocenters. The van der Waals surface area contributed by atoms with E-state index in [1.165, 1.54) is 39.6 Å². The molecule has 33 heavy (non-hydrogen) atoms. The first-order chi connectivity index (χ1) is 16.0. The van der Waals surface area contributed by atoms with Crippen LogP contribution in [0, 0.1) is 6.92 Å². The lowest BCUT2D eigenvalue weighted by Crippen LogP contribution is -2.28. The number of anilines is 1. The Morgan fingerprint density at radius 1 is 1.15 bits per heavy atom. The Hall–Kier alpha value is -3.82. The van der Waals surface area contributed by atoms with Crippen LogP contribution in [0.5, 0.6) is 0 Å². The van der Waals surface area contributed by atoms with Gasteiger partial charge in [-0.15, -0.1) is 11.3 Å². The van der Waals surface area contributed by atoms with Gasteiger partial charge in [-0.25, -0.2) is 14.6 Å². The number of fused-ring (bicyclic) bond motifs is 1. The molecular weight excluding hydrogens is 460 g/mol. The second kappa shape index (κ2) is 8.61. The topological polar surface area (TPSA) is 94.7 Å². The number of carbonyl (C=O) groups excluding carboxylic acids is 1. The van der Waals surface area contributed by atoms with E-state index in [0.29, 0.717) is 26.6 Å². The SMILES string of the molecule is Cc1ccc(-c2csc3ncn(CC(=O)Nc4cc(Cl)ccc4-n4cncn4)c(=O)c23)cc1. The van der Waals surface area contributed by atoms with Crippen LogP contribution in [0.2, 0.25) is 5.02 Å². The van der Waals surface area contributed by atoms with E-state index >= 15 is 0 Å². The largest absolute Gasteiger partial charge is 0.323 e. The van der Waals surface area contributed by atoms with E-state index < -0.39 is 5.91 Å². The Balaban J connectivity index is 1.46. The summed E-state index contributed by atoms with van der Waals surface area (Å²) in [6, 6.07) is 13.0. The van der Waals surface area contributed by atoms with Crippen molar-refractivity contribution in [3.05, 3.63) is 87.8 Å². The van der Waals surface area contributed by atoms with Crippen molar-refractivity contribution in [3.8, 4) is 16.8 Å². The summed E-state index contributed by atoms with van der Waals surface area (Å²) >= 11 is 7.53. The predicted molar refractivity (Wildman–Crippen MR) is 129 cm³/mol. The zero-order valence-corrected chi connectivity index (χ0v) is 19.0. The molecule has 0 fully saturated rings. The van der Waals surface area contributed by atoms with Gasteiger partial charge in [0.05, 0.1) is 23.1 Å². The number of benzene rings is 2. The number of amides is 1. The molecule has 0 aliphatic carbocycles. The Morgan fingerprint density at radius 3 is 2.73 bits per heavy atom. The van der Waals surface area contributed by atoms with Gasteiger partial charge in [-0.1, -0.05) is 41.4 Å². The zero-order valence-electron chi connectivity index (χ0n) is 17.4. The van der Waals surface area contributed by atoms with Gasteiger partial charge < -0.3 is 5.32 Å². The smallest absolute Gasteiger partial charge is 0.263 e. The number of rotatable bonds is 5. The first-order valence-electron chi connectivity index (χ1n) is 9.97. The normalized spacial score (nSPS) is 11.1. The van der Waals surface area contributed by atoms with Crippen molar-refractivity contribution in [3.63, 3.8) is 0 Å². The minimum absolute atomic E-state index is 0.200. The summed E-state index contributed by atoms with van der Waals surface area (Å²) < 4.78 is 2.83. The molecule has 3 aromatic heterocycles. The van der Waals surface area contributed by atoms with Crippen molar-refractivity contribution < 1.29 is 4.79 Å². The molecule has 3 heterocycles. The first-order valence-corrected chi connectivity index (χ1v) is 11.2. The number of carbonyl (C=O) groups is 1. The van der Waals surface area contributed by atoms with Crippen molar-refractivity contribution in [1.82, 2.24) is 24.3 Å².